The highest BCUT2D eigenvalue weighted by atomic mass is 19.1. The molecule has 0 aliphatic heterocycles. The lowest BCUT2D eigenvalue weighted by molar-refractivity contribution is -0.128. The van der Waals surface area contributed by atoms with Gasteiger partial charge >= 0.3 is 0 Å². The summed E-state index contributed by atoms with van der Waals surface area (Å²) in [6, 6.07) is 22.9. The fraction of sp³-hybridized carbons (Fsp3) is 0.0435. The zero-order valence-corrected chi connectivity index (χ0v) is 15.5. The highest BCUT2D eigenvalue weighted by Crippen LogP contribution is 2.29. The second-order valence-corrected chi connectivity index (χ2v) is 6.08. The average Bonchev–Trinajstić information content (AvgIpc) is 2.75. The number of hydrazine groups is 1. The van der Waals surface area contributed by atoms with Crippen molar-refractivity contribution in [3.8, 4) is 16.9 Å². The summed E-state index contributed by atoms with van der Waals surface area (Å²) in [6.07, 6.45) is 2.64. The first-order valence-electron chi connectivity index (χ1n) is 8.91. The van der Waals surface area contributed by atoms with Crippen LogP contribution in [0.4, 0.5) is 4.39 Å². The van der Waals surface area contributed by atoms with Crippen LogP contribution in [0.3, 0.4) is 0 Å². The molecule has 0 aliphatic rings. The number of nitrogens with one attached hydrogen (secondary N) is 2. The SMILES string of the molecule is O=C(/C=C/c1cccc(F)c1)NNC(=O)COc1ccccc1-c1ccccc1. The van der Waals surface area contributed by atoms with E-state index in [0.29, 0.717) is 11.3 Å². The van der Waals surface area contributed by atoms with Gasteiger partial charge in [-0.3, -0.25) is 20.4 Å². The van der Waals surface area contributed by atoms with Crippen LogP contribution in [0, 0.1) is 5.82 Å². The lowest BCUT2D eigenvalue weighted by Crippen LogP contribution is -2.43. The van der Waals surface area contributed by atoms with Crippen LogP contribution < -0.4 is 15.6 Å². The van der Waals surface area contributed by atoms with Gasteiger partial charge in [0.15, 0.2) is 6.61 Å². The molecular weight excluding hydrogens is 371 g/mol. The number of carbonyl (C=O) groups excluding carboxylic acids is 2. The van der Waals surface area contributed by atoms with Crippen molar-refractivity contribution in [2.75, 3.05) is 6.61 Å². The average molecular weight is 390 g/mol. The number of amides is 2. The summed E-state index contributed by atoms with van der Waals surface area (Å²) in [6.45, 7) is -0.266. The molecule has 29 heavy (non-hydrogen) atoms. The van der Waals surface area contributed by atoms with Gasteiger partial charge in [0.25, 0.3) is 11.8 Å². The number of hydrogen-bond donors (Lipinski definition) is 2. The molecule has 2 N–H and O–H groups in total. The zero-order chi connectivity index (χ0) is 20.5. The van der Waals surface area contributed by atoms with E-state index in [-0.39, 0.29) is 6.61 Å². The van der Waals surface area contributed by atoms with Crippen molar-refractivity contribution in [3.05, 3.63) is 96.3 Å². The maximum absolute atomic E-state index is 13.1. The number of benzene rings is 3. The first-order chi connectivity index (χ1) is 14.1. The van der Waals surface area contributed by atoms with E-state index in [0.717, 1.165) is 11.1 Å². The maximum atomic E-state index is 13.1. The van der Waals surface area contributed by atoms with Crippen molar-refractivity contribution >= 4 is 17.9 Å². The Kier molecular flexibility index (Phi) is 6.73. The monoisotopic (exact) mass is 390 g/mol. The van der Waals surface area contributed by atoms with E-state index in [1.54, 1.807) is 18.2 Å². The molecule has 0 unspecified atom stereocenters. The number of carbonyl (C=O) groups is 2. The minimum absolute atomic E-state index is 0.266. The first kappa shape index (κ1) is 19.8. The molecule has 6 heteroatoms. The molecule has 0 atom stereocenters. The third kappa shape index (κ3) is 6.04. The molecule has 0 aromatic heterocycles. The fourth-order valence-corrected chi connectivity index (χ4v) is 2.58. The van der Waals surface area contributed by atoms with E-state index >= 15 is 0 Å². The summed E-state index contributed by atoms with van der Waals surface area (Å²) in [7, 11) is 0. The van der Waals surface area contributed by atoms with Gasteiger partial charge in [0.05, 0.1) is 0 Å². The molecule has 0 bridgehead atoms. The summed E-state index contributed by atoms with van der Waals surface area (Å²) in [5, 5.41) is 0. The van der Waals surface area contributed by atoms with Gasteiger partial charge in [0.1, 0.15) is 11.6 Å². The predicted molar refractivity (Wildman–Crippen MR) is 109 cm³/mol. The van der Waals surface area contributed by atoms with Crippen LogP contribution in [-0.2, 0) is 9.59 Å². The molecule has 0 saturated heterocycles. The third-order valence-electron chi connectivity index (χ3n) is 3.93. The largest absolute Gasteiger partial charge is 0.483 e. The lowest BCUT2D eigenvalue weighted by atomic mass is 10.1. The molecule has 3 rings (SSSR count). The van der Waals surface area contributed by atoms with E-state index in [9.17, 15) is 14.0 Å². The summed E-state index contributed by atoms with van der Waals surface area (Å²) < 4.78 is 18.7. The highest BCUT2D eigenvalue weighted by Gasteiger charge is 2.08. The van der Waals surface area contributed by atoms with Gasteiger partial charge < -0.3 is 4.74 Å². The number of para-hydroxylation sites is 1. The molecule has 0 heterocycles. The van der Waals surface area contributed by atoms with E-state index in [1.807, 2.05) is 48.5 Å². The Morgan fingerprint density at radius 3 is 2.45 bits per heavy atom. The van der Waals surface area contributed by atoms with Gasteiger partial charge in [-0.25, -0.2) is 4.39 Å². The van der Waals surface area contributed by atoms with Gasteiger partial charge in [0, 0.05) is 11.6 Å². The van der Waals surface area contributed by atoms with Gasteiger partial charge in [-0.1, -0.05) is 60.7 Å². The number of ether oxygens (including phenoxy) is 1. The molecule has 2 amide bonds. The summed E-state index contributed by atoms with van der Waals surface area (Å²) in [5.41, 5.74) is 6.89. The Labute approximate surface area is 167 Å². The Morgan fingerprint density at radius 2 is 1.66 bits per heavy atom. The molecule has 3 aromatic carbocycles. The van der Waals surface area contributed by atoms with Crippen molar-refractivity contribution in [1.82, 2.24) is 10.9 Å². The smallest absolute Gasteiger partial charge is 0.276 e. The Morgan fingerprint density at radius 1 is 0.897 bits per heavy atom. The molecule has 5 nitrogen and oxygen atoms in total. The Hall–Kier alpha value is -3.93. The molecule has 146 valence electrons. The van der Waals surface area contributed by atoms with Crippen LogP contribution in [0.15, 0.2) is 84.9 Å². The standard InChI is InChI=1S/C23H19FN2O3/c24-19-10-6-7-17(15-19)13-14-22(27)25-26-23(28)16-29-21-12-5-4-11-20(21)18-8-2-1-3-9-18/h1-15H,16H2,(H,25,27)(H,26,28)/b14-13+. The topological polar surface area (TPSA) is 67.4 Å². The highest BCUT2D eigenvalue weighted by molar-refractivity contribution is 5.93. The molecule has 0 saturated carbocycles. The van der Waals surface area contributed by atoms with Gasteiger partial charge in [0.2, 0.25) is 0 Å². The minimum Gasteiger partial charge on any atom is -0.483 e. The van der Waals surface area contributed by atoms with Gasteiger partial charge in [-0.05, 0) is 35.4 Å². The molecule has 3 aromatic rings. The van der Waals surface area contributed by atoms with Crippen LogP contribution in [-0.4, -0.2) is 18.4 Å². The first-order valence-corrected chi connectivity index (χ1v) is 8.91. The van der Waals surface area contributed by atoms with Crippen LogP contribution in [0.1, 0.15) is 5.56 Å². The van der Waals surface area contributed by atoms with Crippen molar-refractivity contribution in [2.24, 2.45) is 0 Å². The number of hydrogen-bond acceptors (Lipinski definition) is 3. The van der Waals surface area contributed by atoms with Crippen LogP contribution in [0.25, 0.3) is 17.2 Å². The molecule has 0 radical (unpaired) electrons. The summed E-state index contributed by atoms with van der Waals surface area (Å²) in [5.74, 6) is -0.896. The molecule has 0 aliphatic carbocycles. The van der Waals surface area contributed by atoms with Crippen molar-refractivity contribution in [2.45, 2.75) is 0 Å². The Balaban J connectivity index is 1.50. The van der Waals surface area contributed by atoms with Crippen LogP contribution >= 0.6 is 0 Å². The minimum atomic E-state index is -0.549. The van der Waals surface area contributed by atoms with Gasteiger partial charge in [-0.2, -0.15) is 0 Å². The van der Waals surface area contributed by atoms with E-state index < -0.39 is 17.6 Å². The second-order valence-electron chi connectivity index (χ2n) is 6.08. The van der Waals surface area contributed by atoms with E-state index in [2.05, 4.69) is 10.9 Å². The summed E-state index contributed by atoms with van der Waals surface area (Å²) >= 11 is 0. The fourth-order valence-electron chi connectivity index (χ4n) is 2.58. The molecular formula is C23H19FN2O3. The second kappa shape index (κ2) is 9.85. The van der Waals surface area contributed by atoms with Crippen molar-refractivity contribution in [1.29, 1.82) is 0 Å². The van der Waals surface area contributed by atoms with E-state index in [1.165, 1.54) is 24.3 Å². The molecule has 0 spiro atoms. The summed E-state index contributed by atoms with van der Waals surface area (Å²) in [4.78, 5) is 23.7. The van der Waals surface area contributed by atoms with Gasteiger partial charge in [-0.15, -0.1) is 0 Å². The zero-order valence-electron chi connectivity index (χ0n) is 15.5. The molecule has 0 fully saturated rings. The lowest BCUT2D eigenvalue weighted by Gasteiger charge is -2.12. The van der Waals surface area contributed by atoms with Crippen molar-refractivity contribution in [3.63, 3.8) is 0 Å². The van der Waals surface area contributed by atoms with Crippen LogP contribution in [0.2, 0.25) is 0 Å². The normalized spacial score (nSPS) is 10.5. The maximum Gasteiger partial charge on any atom is 0.276 e. The number of rotatable bonds is 6. The number of halogens is 1. The van der Waals surface area contributed by atoms with E-state index in [4.69, 9.17) is 4.74 Å². The quantitative estimate of drug-likeness (QED) is 0.498. The van der Waals surface area contributed by atoms with Crippen LogP contribution in [0.5, 0.6) is 5.75 Å². The Bertz CT molecular complexity index is 1020. The van der Waals surface area contributed by atoms with Crippen molar-refractivity contribution < 1.29 is 18.7 Å². The predicted octanol–water partition coefficient (Wildman–Crippen LogP) is 3.73. The third-order valence-corrected chi connectivity index (χ3v) is 3.93.